The highest BCUT2D eigenvalue weighted by Crippen LogP contribution is 2.30. The second-order valence-electron chi connectivity index (χ2n) is 4.01. The second-order valence-corrected chi connectivity index (χ2v) is 4.01. The van der Waals surface area contributed by atoms with Crippen molar-refractivity contribution in [3.05, 3.63) is 18.2 Å². The second kappa shape index (κ2) is 6.26. The van der Waals surface area contributed by atoms with Gasteiger partial charge in [0.2, 0.25) is 0 Å². The van der Waals surface area contributed by atoms with Crippen LogP contribution in [0.3, 0.4) is 0 Å². The van der Waals surface area contributed by atoms with Crippen LogP contribution in [0.15, 0.2) is 18.2 Å². The van der Waals surface area contributed by atoms with Gasteiger partial charge in [0.05, 0.1) is 13.7 Å². The van der Waals surface area contributed by atoms with Crippen molar-refractivity contribution in [1.29, 1.82) is 0 Å². The summed E-state index contributed by atoms with van der Waals surface area (Å²) < 4.78 is 10.9. The molecule has 3 nitrogen and oxygen atoms in total. The summed E-state index contributed by atoms with van der Waals surface area (Å²) in [6, 6.07) is 6.32. The van der Waals surface area contributed by atoms with Gasteiger partial charge in [0.15, 0.2) is 11.5 Å². The average Bonchev–Trinajstić information content (AvgIpc) is 2.26. The molecule has 0 fully saturated rings. The van der Waals surface area contributed by atoms with Gasteiger partial charge in [0.25, 0.3) is 0 Å². The predicted molar refractivity (Wildman–Crippen MR) is 67.5 cm³/mol. The van der Waals surface area contributed by atoms with Crippen LogP contribution in [0, 0.1) is 0 Å². The van der Waals surface area contributed by atoms with E-state index >= 15 is 0 Å². The summed E-state index contributed by atoms with van der Waals surface area (Å²) in [6.07, 6.45) is 0.995. The van der Waals surface area contributed by atoms with Crippen LogP contribution in [-0.2, 0) is 0 Å². The first-order chi connectivity index (χ1) is 7.67. The number of hydrogen-bond acceptors (Lipinski definition) is 3. The molecule has 16 heavy (non-hydrogen) atoms. The van der Waals surface area contributed by atoms with Gasteiger partial charge in [-0.3, -0.25) is 0 Å². The Labute approximate surface area is 97.8 Å². The first-order valence-corrected chi connectivity index (χ1v) is 5.74. The quantitative estimate of drug-likeness (QED) is 0.802. The fraction of sp³-hybridized carbons (Fsp3) is 0.538. The molecule has 1 rings (SSSR count). The first kappa shape index (κ1) is 12.7. The third-order valence-corrected chi connectivity index (χ3v) is 2.08. The van der Waals surface area contributed by atoms with Gasteiger partial charge in [0, 0.05) is 17.8 Å². The third-order valence-electron chi connectivity index (χ3n) is 2.08. The fourth-order valence-electron chi connectivity index (χ4n) is 1.42. The summed E-state index contributed by atoms with van der Waals surface area (Å²) in [4.78, 5) is 0. The van der Waals surface area contributed by atoms with Crippen molar-refractivity contribution in [2.24, 2.45) is 0 Å². The summed E-state index contributed by atoms with van der Waals surface area (Å²) in [6.45, 7) is 7.01. The number of hydrogen-bond donors (Lipinski definition) is 1. The Balaban J connectivity index is 2.79. The van der Waals surface area contributed by atoms with Crippen molar-refractivity contribution >= 4 is 5.69 Å². The SMILES string of the molecule is CCCOc1ccc(NC(C)C)cc1OC. The maximum absolute atomic E-state index is 5.58. The van der Waals surface area contributed by atoms with E-state index in [2.05, 4.69) is 26.1 Å². The van der Waals surface area contributed by atoms with Crippen molar-refractivity contribution in [2.45, 2.75) is 33.2 Å². The van der Waals surface area contributed by atoms with Gasteiger partial charge in [-0.2, -0.15) is 0 Å². The van der Waals surface area contributed by atoms with Crippen LogP contribution in [-0.4, -0.2) is 19.8 Å². The zero-order valence-electron chi connectivity index (χ0n) is 10.5. The molecule has 1 aromatic carbocycles. The molecule has 0 aliphatic heterocycles. The van der Waals surface area contributed by atoms with Gasteiger partial charge in [-0.05, 0) is 32.4 Å². The number of rotatable bonds is 6. The van der Waals surface area contributed by atoms with Crippen LogP contribution in [0.1, 0.15) is 27.2 Å². The van der Waals surface area contributed by atoms with Crippen molar-refractivity contribution in [2.75, 3.05) is 19.0 Å². The molecule has 0 spiro atoms. The normalized spacial score (nSPS) is 10.3. The molecule has 0 unspecified atom stereocenters. The van der Waals surface area contributed by atoms with Gasteiger partial charge in [-0.25, -0.2) is 0 Å². The smallest absolute Gasteiger partial charge is 0.162 e. The Hall–Kier alpha value is -1.38. The van der Waals surface area contributed by atoms with Gasteiger partial charge in [-0.1, -0.05) is 6.92 Å². The molecule has 0 amide bonds. The van der Waals surface area contributed by atoms with Gasteiger partial charge in [0.1, 0.15) is 0 Å². The lowest BCUT2D eigenvalue weighted by molar-refractivity contribution is 0.294. The Bertz CT molecular complexity index is 324. The lowest BCUT2D eigenvalue weighted by atomic mass is 10.2. The molecule has 0 aliphatic carbocycles. The molecule has 0 aromatic heterocycles. The van der Waals surface area contributed by atoms with Crippen LogP contribution in [0.4, 0.5) is 5.69 Å². The zero-order chi connectivity index (χ0) is 12.0. The van der Waals surface area contributed by atoms with E-state index < -0.39 is 0 Å². The Morgan fingerprint density at radius 2 is 2.00 bits per heavy atom. The van der Waals surface area contributed by atoms with Gasteiger partial charge >= 0.3 is 0 Å². The molecule has 0 radical (unpaired) electrons. The van der Waals surface area contributed by atoms with E-state index in [1.807, 2.05) is 18.2 Å². The summed E-state index contributed by atoms with van der Waals surface area (Å²) in [5.74, 6) is 1.58. The Morgan fingerprint density at radius 1 is 1.25 bits per heavy atom. The average molecular weight is 223 g/mol. The van der Waals surface area contributed by atoms with Gasteiger partial charge < -0.3 is 14.8 Å². The molecule has 1 aromatic rings. The van der Waals surface area contributed by atoms with E-state index in [-0.39, 0.29) is 0 Å². The number of benzene rings is 1. The van der Waals surface area contributed by atoms with E-state index in [0.29, 0.717) is 12.6 Å². The molecule has 0 saturated heterocycles. The van der Waals surface area contributed by atoms with E-state index in [1.165, 1.54) is 0 Å². The van der Waals surface area contributed by atoms with Crippen LogP contribution in [0.2, 0.25) is 0 Å². The van der Waals surface area contributed by atoms with E-state index in [0.717, 1.165) is 23.6 Å². The summed E-state index contributed by atoms with van der Waals surface area (Å²) in [7, 11) is 1.66. The van der Waals surface area contributed by atoms with Crippen LogP contribution < -0.4 is 14.8 Å². The predicted octanol–water partition coefficient (Wildman–Crippen LogP) is 3.30. The summed E-state index contributed by atoms with van der Waals surface area (Å²) in [5, 5.41) is 3.33. The van der Waals surface area contributed by atoms with Crippen LogP contribution in [0.5, 0.6) is 11.5 Å². The molecule has 1 N–H and O–H groups in total. The monoisotopic (exact) mass is 223 g/mol. The Kier molecular flexibility index (Phi) is 4.96. The molecule has 0 atom stereocenters. The highest BCUT2D eigenvalue weighted by Gasteiger charge is 2.05. The number of nitrogens with one attached hydrogen (secondary N) is 1. The van der Waals surface area contributed by atoms with E-state index in [9.17, 15) is 0 Å². The lowest BCUT2D eigenvalue weighted by Gasteiger charge is -2.14. The third kappa shape index (κ3) is 3.65. The van der Waals surface area contributed by atoms with E-state index in [4.69, 9.17) is 9.47 Å². The van der Waals surface area contributed by atoms with Crippen molar-refractivity contribution in [1.82, 2.24) is 0 Å². The van der Waals surface area contributed by atoms with Crippen molar-refractivity contribution in [3.63, 3.8) is 0 Å². The van der Waals surface area contributed by atoms with Crippen molar-refractivity contribution in [3.8, 4) is 11.5 Å². The highest BCUT2D eigenvalue weighted by molar-refractivity contribution is 5.55. The highest BCUT2D eigenvalue weighted by atomic mass is 16.5. The van der Waals surface area contributed by atoms with Gasteiger partial charge in [-0.15, -0.1) is 0 Å². The molecule has 0 aliphatic rings. The zero-order valence-corrected chi connectivity index (χ0v) is 10.5. The topological polar surface area (TPSA) is 30.5 Å². The minimum atomic E-state index is 0.409. The number of ether oxygens (including phenoxy) is 2. The Morgan fingerprint density at radius 3 is 2.56 bits per heavy atom. The maximum Gasteiger partial charge on any atom is 0.162 e. The van der Waals surface area contributed by atoms with E-state index in [1.54, 1.807) is 7.11 Å². The molecule has 90 valence electrons. The molecule has 3 heteroatoms. The number of methoxy groups -OCH3 is 1. The minimum absolute atomic E-state index is 0.409. The lowest BCUT2D eigenvalue weighted by Crippen LogP contribution is -2.09. The minimum Gasteiger partial charge on any atom is -0.493 e. The maximum atomic E-state index is 5.58. The number of anilines is 1. The molecular formula is C13H21NO2. The van der Waals surface area contributed by atoms with Crippen LogP contribution >= 0.6 is 0 Å². The fourth-order valence-corrected chi connectivity index (χ4v) is 1.42. The summed E-state index contributed by atoms with van der Waals surface area (Å²) in [5.41, 5.74) is 1.05. The molecular weight excluding hydrogens is 202 g/mol. The molecule has 0 bridgehead atoms. The van der Waals surface area contributed by atoms with Crippen molar-refractivity contribution < 1.29 is 9.47 Å². The largest absolute Gasteiger partial charge is 0.493 e. The first-order valence-electron chi connectivity index (χ1n) is 5.74. The molecule has 0 heterocycles. The standard InChI is InChI=1S/C13H21NO2/c1-5-8-16-12-7-6-11(14-10(2)3)9-13(12)15-4/h6-7,9-10,14H,5,8H2,1-4H3. The van der Waals surface area contributed by atoms with Crippen LogP contribution in [0.25, 0.3) is 0 Å². The molecule has 0 saturated carbocycles. The summed E-state index contributed by atoms with van der Waals surface area (Å²) >= 11 is 0.